The zero-order chi connectivity index (χ0) is 23.1. The zero-order valence-corrected chi connectivity index (χ0v) is 20.2. The number of rotatable bonds is 6. The Balaban J connectivity index is 1.48. The molecule has 2 aliphatic heterocycles. The van der Waals surface area contributed by atoms with Crippen LogP contribution in [0.25, 0.3) is 0 Å². The van der Waals surface area contributed by atoms with Crippen molar-refractivity contribution in [3.05, 3.63) is 11.6 Å². The molecular weight excluding hydrogens is 410 g/mol. The molecule has 2 aliphatic rings. The van der Waals surface area contributed by atoms with E-state index in [1.54, 1.807) is 7.11 Å². The number of aliphatic imine (C=N–C) groups is 1. The monoisotopic (exact) mass is 449 g/mol. The number of carbonyl (C=O) groups is 1. The molecule has 10 nitrogen and oxygen atoms in total. The van der Waals surface area contributed by atoms with E-state index in [2.05, 4.69) is 27.6 Å². The van der Waals surface area contributed by atoms with Crippen molar-refractivity contribution >= 4 is 12.1 Å². The Kier molecular flexibility index (Phi) is 8.33. The number of hydrogen-bond acceptors (Lipinski definition) is 6. The fraction of sp³-hybridized carbons (Fsp3) is 0.818. The van der Waals surface area contributed by atoms with Crippen molar-refractivity contribution < 1.29 is 14.3 Å². The molecule has 1 aromatic heterocycles. The largest absolute Gasteiger partial charge is 0.444 e. The van der Waals surface area contributed by atoms with Crippen molar-refractivity contribution in [2.24, 2.45) is 10.9 Å². The van der Waals surface area contributed by atoms with Crippen LogP contribution in [0.3, 0.4) is 0 Å². The molecule has 0 bridgehead atoms. The third kappa shape index (κ3) is 7.08. The highest BCUT2D eigenvalue weighted by Crippen LogP contribution is 2.20. The second-order valence-corrected chi connectivity index (χ2v) is 9.57. The van der Waals surface area contributed by atoms with Gasteiger partial charge in [0.1, 0.15) is 18.0 Å². The van der Waals surface area contributed by atoms with Gasteiger partial charge in [-0.15, -0.1) is 0 Å². The van der Waals surface area contributed by atoms with Gasteiger partial charge >= 0.3 is 6.09 Å². The van der Waals surface area contributed by atoms with E-state index in [0.29, 0.717) is 12.5 Å². The number of aryl methyl sites for hydroxylation is 1. The first-order valence-electron chi connectivity index (χ1n) is 11.7. The van der Waals surface area contributed by atoms with Crippen molar-refractivity contribution in [2.45, 2.75) is 78.2 Å². The molecule has 0 spiro atoms. The van der Waals surface area contributed by atoms with Crippen molar-refractivity contribution in [1.82, 2.24) is 30.3 Å². The molecule has 1 unspecified atom stereocenters. The van der Waals surface area contributed by atoms with Crippen LogP contribution in [0.4, 0.5) is 4.79 Å². The number of ether oxygens (including phenoxy) is 2. The van der Waals surface area contributed by atoms with Gasteiger partial charge in [0.15, 0.2) is 11.8 Å². The van der Waals surface area contributed by atoms with Crippen molar-refractivity contribution in [3.8, 4) is 0 Å². The number of fused-ring (bicyclic) bond motifs is 1. The number of aromatic nitrogens is 3. The summed E-state index contributed by atoms with van der Waals surface area (Å²) in [5.41, 5.74) is -0.456. The highest BCUT2D eigenvalue weighted by molar-refractivity contribution is 5.80. The number of likely N-dealkylation sites (tertiary alicyclic amines) is 1. The zero-order valence-electron chi connectivity index (χ0n) is 20.2. The Morgan fingerprint density at radius 2 is 2.00 bits per heavy atom. The molecule has 0 aliphatic carbocycles. The summed E-state index contributed by atoms with van der Waals surface area (Å²) >= 11 is 0. The first-order valence-corrected chi connectivity index (χ1v) is 11.7. The van der Waals surface area contributed by atoms with Crippen LogP contribution >= 0.6 is 0 Å². The number of guanidine groups is 1. The first kappa shape index (κ1) is 24.3. The van der Waals surface area contributed by atoms with Gasteiger partial charge in [-0.05, 0) is 52.9 Å². The first-order chi connectivity index (χ1) is 15.3. The lowest BCUT2D eigenvalue weighted by Gasteiger charge is -2.33. The minimum atomic E-state index is -0.456. The molecule has 1 atom stereocenters. The van der Waals surface area contributed by atoms with Crippen LogP contribution in [0, 0.1) is 5.92 Å². The van der Waals surface area contributed by atoms with E-state index in [-0.39, 0.29) is 12.1 Å². The summed E-state index contributed by atoms with van der Waals surface area (Å²) in [5, 5.41) is 11.5. The van der Waals surface area contributed by atoms with E-state index in [4.69, 9.17) is 14.5 Å². The average molecular weight is 450 g/mol. The molecule has 1 fully saturated rings. The van der Waals surface area contributed by atoms with E-state index in [1.165, 1.54) is 0 Å². The summed E-state index contributed by atoms with van der Waals surface area (Å²) in [7, 11) is 1.66. The number of nitrogens with one attached hydrogen (secondary N) is 2. The maximum absolute atomic E-state index is 12.3. The van der Waals surface area contributed by atoms with Crippen LogP contribution in [-0.2, 0) is 29.0 Å². The van der Waals surface area contributed by atoms with E-state index < -0.39 is 5.60 Å². The van der Waals surface area contributed by atoms with Crippen LogP contribution in [0.2, 0.25) is 0 Å². The summed E-state index contributed by atoms with van der Waals surface area (Å²) in [6.07, 6.45) is 3.54. The van der Waals surface area contributed by atoms with E-state index in [9.17, 15) is 4.79 Å². The Hall–Kier alpha value is -2.36. The maximum atomic E-state index is 12.3. The molecular formula is C22H39N7O3. The fourth-order valence-electron chi connectivity index (χ4n) is 4.03. The topological polar surface area (TPSA) is 106 Å². The molecule has 10 heteroatoms. The molecule has 2 N–H and O–H groups in total. The predicted molar refractivity (Wildman–Crippen MR) is 122 cm³/mol. The van der Waals surface area contributed by atoms with Crippen LogP contribution in [0.5, 0.6) is 0 Å². The van der Waals surface area contributed by atoms with Gasteiger partial charge in [-0.1, -0.05) is 0 Å². The number of amides is 1. The van der Waals surface area contributed by atoms with Gasteiger partial charge < -0.3 is 25.0 Å². The Morgan fingerprint density at radius 1 is 1.25 bits per heavy atom. The van der Waals surface area contributed by atoms with Gasteiger partial charge in [-0.3, -0.25) is 4.99 Å². The predicted octanol–water partition coefficient (Wildman–Crippen LogP) is 1.94. The highest BCUT2D eigenvalue weighted by Gasteiger charge is 2.27. The Bertz CT molecular complexity index is 779. The van der Waals surface area contributed by atoms with Crippen LogP contribution < -0.4 is 10.6 Å². The molecule has 0 aromatic carbocycles. The molecule has 0 saturated carbocycles. The smallest absolute Gasteiger partial charge is 0.410 e. The summed E-state index contributed by atoms with van der Waals surface area (Å²) in [4.78, 5) is 23.5. The summed E-state index contributed by atoms with van der Waals surface area (Å²) in [5.74, 6) is 3.07. The number of nitrogens with zero attached hydrogens (tertiary/aromatic N) is 5. The van der Waals surface area contributed by atoms with Crippen LogP contribution in [0.15, 0.2) is 4.99 Å². The molecule has 1 saturated heterocycles. The van der Waals surface area contributed by atoms with Gasteiger partial charge in [0.25, 0.3) is 0 Å². The van der Waals surface area contributed by atoms with E-state index in [0.717, 1.165) is 76.0 Å². The molecule has 32 heavy (non-hydrogen) atoms. The van der Waals surface area contributed by atoms with Crippen molar-refractivity contribution in [1.29, 1.82) is 0 Å². The average Bonchev–Trinajstić information content (AvgIpc) is 3.13. The fourth-order valence-corrected chi connectivity index (χ4v) is 4.03. The quantitative estimate of drug-likeness (QED) is 0.505. The van der Waals surface area contributed by atoms with Gasteiger partial charge in [0, 0.05) is 45.8 Å². The van der Waals surface area contributed by atoms with Gasteiger partial charge in [0.05, 0.1) is 6.54 Å². The van der Waals surface area contributed by atoms with Crippen LogP contribution in [-0.4, -0.2) is 76.6 Å². The molecule has 1 aromatic rings. The highest BCUT2D eigenvalue weighted by atomic mass is 16.6. The molecule has 0 radical (unpaired) electrons. The molecule has 180 valence electrons. The van der Waals surface area contributed by atoms with Crippen molar-refractivity contribution in [3.63, 3.8) is 0 Å². The van der Waals surface area contributed by atoms with E-state index in [1.807, 2.05) is 30.4 Å². The summed E-state index contributed by atoms with van der Waals surface area (Å²) in [6, 6.07) is 0.256. The van der Waals surface area contributed by atoms with Crippen LogP contribution in [0.1, 0.15) is 58.6 Å². The number of carbonyl (C=O) groups excluding carboxylic acids is 1. The third-order valence-electron chi connectivity index (χ3n) is 5.63. The number of hydrogen-bond donors (Lipinski definition) is 2. The molecule has 3 heterocycles. The van der Waals surface area contributed by atoms with Gasteiger partial charge in [-0.25, -0.2) is 14.5 Å². The Labute approximate surface area is 191 Å². The van der Waals surface area contributed by atoms with Gasteiger partial charge in [-0.2, -0.15) is 5.10 Å². The number of piperidine rings is 1. The van der Waals surface area contributed by atoms with E-state index >= 15 is 0 Å². The molecule has 1 amide bonds. The second-order valence-electron chi connectivity index (χ2n) is 9.57. The summed E-state index contributed by atoms with van der Waals surface area (Å²) < 4.78 is 12.6. The summed E-state index contributed by atoms with van der Waals surface area (Å²) in [6.45, 7) is 12.0. The lowest BCUT2D eigenvalue weighted by atomic mass is 9.97. The van der Waals surface area contributed by atoms with Crippen molar-refractivity contribution in [2.75, 3.05) is 33.3 Å². The minimum Gasteiger partial charge on any atom is -0.444 e. The molecule has 3 rings (SSSR count). The lowest BCUT2D eigenvalue weighted by molar-refractivity contribution is 0.0187. The lowest BCUT2D eigenvalue weighted by Crippen LogP contribution is -2.47. The number of methoxy groups -OCH3 is 1. The minimum absolute atomic E-state index is 0.215. The SMILES string of the molecule is CCNC(=NCC1CCN(C(=O)OC(C)(C)C)CC1)NC1CCc2nc(COC)nn2C1. The van der Waals surface area contributed by atoms with Gasteiger partial charge in [0.2, 0.25) is 0 Å². The normalized spacial score (nSPS) is 20.1. The Morgan fingerprint density at radius 3 is 2.66 bits per heavy atom. The maximum Gasteiger partial charge on any atom is 0.410 e. The third-order valence-corrected chi connectivity index (χ3v) is 5.63. The second kappa shape index (κ2) is 11.0. The standard InChI is InChI=1S/C22H39N7O3/c1-6-23-20(25-17-7-8-19-26-18(15-31-5)27-29(19)14-17)24-13-16-9-11-28(12-10-16)21(30)32-22(2,3)4/h16-17H,6-15H2,1-5H3,(H2,23,24,25).